The summed E-state index contributed by atoms with van der Waals surface area (Å²) in [6.45, 7) is 1.38. The number of hydrogen-bond acceptors (Lipinski definition) is 5. The molecule has 9 heteroatoms. The Hall–Kier alpha value is -3.41. The van der Waals surface area contributed by atoms with Crippen LogP contribution in [0.4, 0.5) is 5.69 Å². The van der Waals surface area contributed by atoms with Gasteiger partial charge in [0.05, 0.1) is 18.5 Å². The third-order valence-electron chi connectivity index (χ3n) is 6.42. The zero-order chi connectivity index (χ0) is 24.5. The van der Waals surface area contributed by atoms with Crippen molar-refractivity contribution in [3.05, 3.63) is 29.8 Å². The molecule has 3 aliphatic heterocycles. The highest BCUT2D eigenvalue weighted by Crippen LogP contribution is 2.25. The average molecular weight is 468 g/mol. The molecule has 0 saturated carbocycles. The summed E-state index contributed by atoms with van der Waals surface area (Å²) < 4.78 is 0. The molecule has 1 fully saturated rings. The van der Waals surface area contributed by atoms with Crippen LogP contribution in [0.3, 0.4) is 0 Å². The van der Waals surface area contributed by atoms with Gasteiger partial charge in [0.15, 0.2) is 0 Å². The highest BCUT2D eigenvalue weighted by molar-refractivity contribution is 5.94. The van der Waals surface area contributed by atoms with Crippen molar-refractivity contribution in [3.63, 3.8) is 0 Å². The normalized spacial score (nSPS) is 25.8. The maximum absolute atomic E-state index is 12.8. The molecule has 3 heterocycles. The van der Waals surface area contributed by atoms with Gasteiger partial charge >= 0.3 is 0 Å². The Bertz CT molecular complexity index is 940. The quantitative estimate of drug-likeness (QED) is 0.536. The zero-order valence-corrected chi connectivity index (χ0v) is 19.6. The summed E-state index contributed by atoms with van der Waals surface area (Å²) in [4.78, 5) is 51.2. The van der Waals surface area contributed by atoms with Crippen molar-refractivity contribution < 1.29 is 19.2 Å². The largest absolute Gasteiger partial charge is 0.345 e. The van der Waals surface area contributed by atoms with Gasteiger partial charge in [-0.2, -0.15) is 5.26 Å². The van der Waals surface area contributed by atoms with E-state index in [1.165, 1.54) is 10.5 Å². The molecule has 4 rings (SSSR count). The van der Waals surface area contributed by atoms with E-state index in [0.29, 0.717) is 12.1 Å². The van der Waals surface area contributed by atoms with E-state index in [1.807, 2.05) is 24.3 Å². The lowest BCUT2D eigenvalue weighted by atomic mass is 10.0. The maximum Gasteiger partial charge on any atom is 0.243 e. The fourth-order valence-electron chi connectivity index (χ4n) is 4.36. The molecule has 182 valence electrons. The van der Waals surface area contributed by atoms with Gasteiger partial charge in [-0.05, 0) is 50.3 Å². The molecule has 9 nitrogen and oxygen atoms in total. The molecular formula is C25H33N5O4. The molecular weight excluding hydrogens is 434 g/mol. The Kier molecular flexibility index (Phi) is 9.02. The average Bonchev–Trinajstić information content (AvgIpc) is 3.27. The van der Waals surface area contributed by atoms with Crippen molar-refractivity contribution in [1.29, 1.82) is 5.26 Å². The first-order valence-electron chi connectivity index (χ1n) is 12.0. The number of fused-ring (bicyclic) bond motifs is 16. The summed E-state index contributed by atoms with van der Waals surface area (Å²) in [5.74, 6) is -1.84. The molecule has 1 saturated heterocycles. The molecule has 4 amide bonds. The van der Waals surface area contributed by atoms with Crippen LogP contribution >= 0.6 is 0 Å². The van der Waals surface area contributed by atoms with Crippen molar-refractivity contribution >= 4 is 29.3 Å². The van der Waals surface area contributed by atoms with Crippen molar-refractivity contribution in [2.75, 3.05) is 18.4 Å². The number of nitrogens with one attached hydrogen (secondary N) is 3. The topological polar surface area (TPSA) is 131 Å². The Morgan fingerprint density at radius 1 is 0.941 bits per heavy atom. The second-order valence-electron chi connectivity index (χ2n) is 9.08. The highest BCUT2D eigenvalue weighted by Gasteiger charge is 2.38. The summed E-state index contributed by atoms with van der Waals surface area (Å²) in [6, 6.07) is 8.33. The molecule has 3 aliphatic rings. The number of nitriles is 1. The molecule has 1 aromatic rings. The second-order valence-corrected chi connectivity index (χ2v) is 9.08. The molecule has 34 heavy (non-hydrogen) atoms. The second kappa shape index (κ2) is 12.2. The standard InChI is InChI=1S/C25H33N5O4/c1-17-24(33)27-15-23(32)30-16-19(13-21(30)14-26)25(34)29-20-11-9-18(10-12-20)7-5-3-2-4-6-8-22(31)28-17/h9-12,17,19,21H,2-8,13,15-16H2,1H3,(H,27,33)(H,28,31)(H,29,34)/t17-,19?,21?/m0/s1. The predicted molar refractivity (Wildman–Crippen MR) is 126 cm³/mol. The van der Waals surface area contributed by atoms with Crippen LogP contribution in [0.15, 0.2) is 24.3 Å². The van der Waals surface area contributed by atoms with Crippen LogP contribution in [0, 0.1) is 17.2 Å². The van der Waals surface area contributed by atoms with Crippen LogP contribution in [-0.4, -0.2) is 53.7 Å². The van der Waals surface area contributed by atoms with Gasteiger partial charge in [-0.3, -0.25) is 19.2 Å². The van der Waals surface area contributed by atoms with Crippen LogP contribution in [0.25, 0.3) is 0 Å². The van der Waals surface area contributed by atoms with E-state index in [9.17, 15) is 24.4 Å². The molecule has 0 aromatic heterocycles. The van der Waals surface area contributed by atoms with Crippen molar-refractivity contribution in [1.82, 2.24) is 15.5 Å². The fraction of sp³-hybridized carbons (Fsp3) is 0.560. The maximum atomic E-state index is 12.8. The predicted octanol–water partition coefficient (Wildman–Crippen LogP) is 1.88. The van der Waals surface area contributed by atoms with E-state index >= 15 is 0 Å². The number of hydrogen-bond donors (Lipinski definition) is 3. The minimum Gasteiger partial charge on any atom is -0.345 e. The third-order valence-corrected chi connectivity index (χ3v) is 6.42. The van der Waals surface area contributed by atoms with Crippen LogP contribution in [0.1, 0.15) is 57.4 Å². The first-order valence-corrected chi connectivity index (χ1v) is 12.0. The van der Waals surface area contributed by atoms with Gasteiger partial charge in [-0.15, -0.1) is 0 Å². The SMILES string of the molecule is C[C@@H]1NC(=O)CCCCCCCc2ccc(cc2)NC(=O)C2CC(C#N)N(C2)C(=O)CNC1=O. The first-order chi connectivity index (χ1) is 16.4. The Morgan fingerprint density at radius 2 is 1.62 bits per heavy atom. The number of benzene rings is 1. The van der Waals surface area contributed by atoms with Gasteiger partial charge < -0.3 is 20.9 Å². The number of anilines is 1. The van der Waals surface area contributed by atoms with E-state index in [0.717, 1.165) is 38.5 Å². The Balaban J connectivity index is 1.68. The van der Waals surface area contributed by atoms with Crippen LogP contribution < -0.4 is 16.0 Å². The van der Waals surface area contributed by atoms with Crippen molar-refractivity contribution in [3.8, 4) is 6.07 Å². The molecule has 0 radical (unpaired) electrons. The summed E-state index contributed by atoms with van der Waals surface area (Å²) >= 11 is 0. The summed E-state index contributed by atoms with van der Waals surface area (Å²) in [5, 5.41) is 17.6. The molecule has 4 bridgehead atoms. The fourth-order valence-corrected chi connectivity index (χ4v) is 4.36. The third kappa shape index (κ3) is 7.04. The number of nitrogens with zero attached hydrogens (tertiary/aromatic N) is 2. The van der Waals surface area contributed by atoms with Gasteiger partial charge in [0.2, 0.25) is 23.6 Å². The Morgan fingerprint density at radius 3 is 2.32 bits per heavy atom. The van der Waals surface area contributed by atoms with Crippen molar-refractivity contribution in [2.24, 2.45) is 5.92 Å². The molecule has 0 aliphatic carbocycles. The monoisotopic (exact) mass is 467 g/mol. The lowest BCUT2D eigenvalue weighted by Gasteiger charge is -2.21. The van der Waals surface area contributed by atoms with E-state index in [-0.39, 0.29) is 31.3 Å². The minimum atomic E-state index is -0.768. The van der Waals surface area contributed by atoms with Gasteiger partial charge in [0, 0.05) is 18.7 Å². The van der Waals surface area contributed by atoms with E-state index in [1.54, 1.807) is 6.92 Å². The zero-order valence-electron chi connectivity index (χ0n) is 19.6. The smallest absolute Gasteiger partial charge is 0.243 e. The number of aryl methyl sites for hydroxylation is 1. The Labute approximate surface area is 200 Å². The van der Waals surface area contributed by atoms with Gasteiger partial charge in [0.25, 0.3) is 0 Å². The van der Waals surface area contributed by atoms with Crippen LogP contribution in [0.2, 0.25) is 0 Å². The van der Waals surface area contributed by atoms with Gasteiger partial charge in [-0.1, -0.05) is 31.4 Å². The van der Waals surface area contributed by atoms with Gasteiger partial charge in [-0.25, -0.2) is 0 Å². The number of amides is 4. The van der Waals surface area contributed by atoms with Crippen molar-refractivity contribution in [2.45, 2.75) is 70.4 Å². The molecule has 2 unspecified atom stereocenters. The summed E-state index contributed by atoms with van der Waals surface area (Å²) in [5.41, 5.74) is 1.88. The van der Waals surface area contributed by atoms with Crippen LogP contribution in [0.5, 0.6) is 0 Å². The number of rotatable bonds is 0. The summed E-state index contributed by atoms with van der Waals surface area (Å²) in [6.07, 6.45) is 6.43. The molecule has 3 N–H and O–H groups in total. The lowest BCUT2D eigenvalue weighted by molar-refractivity contribution is -0.134. The summed E-state index contributed by atoms with van der Waals surface area (Å²) in [7, 11) is 0. The van der Waals surface area contributed by atoms with E-state index < -0.39 is 29.8 Å². The van der Waals surface area contributed by atoms with Gasteiger partial charge in [0.1, 0.15) is 12.1 Å². The first kappa shape index (κ1) is 25.2. The molecule has 0 spiro atoms. The lowest BCUT2D eigenvalue weighted by Crippen LogP contribution is -2.48. The molecule has 3 atom stereocenters. The van der Waals surface area contributed by atoms with E-state index in [2.05, 4.69) is 22.0 Å². The van der Waals surface area contributed by atoms with E-state index in [4.69, 9.17) is 0 Å². The molecule has 1 aromatic carbocycles. The minimum absolute atomic E-state index is 0.114. The number of carbonyl (C=O) groups excluding carboxylic acids is 4. The number of carbonyl (C=O) groups is 4. The highest BCUT2D eigenvalue weighted by atomic mass is 16.2. The van der Waals surface area contributed by atoms with Crippen LogP contribution in [-0.2, 0) is 25.6 Å².